The number of rotatable bonds is 6. The minimum absolute atomic E-state index is 0.165. The van der Waals surface area contributed by atoms with Crippen LogP contribution in [0.15, 0.2) is 72.8 Å². The minimum atomic E-state index is -0.525. The summed E-state index contributed by atoms with van der Waals surface area (Å²) in [6.07, 6.45) is 0. The van der Waals surface area contributed by atoms with Crippen LogP contribution in [0.25, 0.3) is 22.0 Å². The van der Waals surface area contributed by atoms with E-state index in [1.165, 1.54) is 0 Å². The molecule has 7 nitrogen and oxygen atoms in total. The molecule has 4 aromatic rings. The molecule has 0 aliphatic carbocycles. The van der Waals surface area contributed by atoms with Crippen LogP contribution >= 0.6 is 0 Å². The van der Waals surface area contributed by atoms with Gasteiger partial charge in [-0.2, -0.15) is 0 Å². The molecule has 144 valence electrons. The van der Waals surface area contributed by atoms with E-state index < -0.39 is 5.91 Å². The fourth-order valence-electron chi connectivity index (χ4n) is 2.95. The molecule has 0 atom stereocenters. The smallest absolute Gasteiger partial charge is 0.255 e. The van der Waals surface area contributed by atoms with Crippen LogP contribution in [0.4, 0.5) is 11.5 Å². The third-order valence-electron chi connectivity index (χ3n) is 4.33. The molecule has 4 rings (SSSR count). The zero-order chi connectivity index (χ0) is 20.2. The fraction of sp³-hybridized carbons (Fsp3) is 0.0455. The molecule has 4 N–H and O–H groups in total. The second-order valence-electron chi connectivity index (χ2n) is 6.39. The molecule has 0 bridgehead atoms. The van der Waals surface area contributed by atoms with Crippen LogP contribution < -0.4 is 15.8 Å². The molecule has 0 aliphatic rings. The molecule has 1 aromatic heterocycles. The lowest BCUT2D eigenvalue weighted by molar-refractivity contribution is -0.119. The number of aromatic hydroxyl groups is 1. The Morgan fingerprint density at radius 1 is 0.931 bits per heavy atom. The normalized spacial score (nSPS) is 10.6. The molecular weight excluding hydrogens is 368 g/mol. The maximum atomic E-state index is 10.8. The van der Waals surface area contributed by atoms with Crippen molar-refractivity contribution >= 4 is 28.2 Å². The van der Waals surface area contributed by atoms with Gasteiger partial charge in [-0.15, -0.1) is 10.2 Å². The summed E-state index contributed by atoms with van der Waals surface area (Å²) >= 11 is 0. The number of ether oxygens (including phenoxy) is 1. The average Bonchev–Trinajstić information content (AvgIpc) is 2.74. The number of hydrogen-bond acceptors (Lipinski definition) is 6. The van der Waals surface area contributed by atoms with Crippen molar-refractivity contribution in [1.82, 2.24) is 10.2 Å². The Labute approximate surface area is 166 Å². The Hall–Kier alpha value is -4.13. The highest BCUT2D eigenvalue weighted by molar-refractivity contribution is 6.00. The number of hydrogen-bond donors (Lipinski definition) is 3. The number of phenols is 1. The maximum Gasteiger partial charge on any atom is 0.255 e. The number of nitrogens with two attached hydrogens (primary N) is 1. The lowest BCUT2D eigenvalue weighted by atomic mass is 10.0. The van der Waals surface area contributed by atoms with Crippen LogP contribution in [0, 0.1) is 0 Å². The van der Waals surface area contributed by atoms with E-state index in [1.807, 2.05) is 48.5 Å². The van der Waals surface area contributed by atoms with Crippen LogP contribution in [-0.4, -0.2) is 27.8 Å². The van der Waals surface area contributed by atoms with Crippen molar-refractivity contribution < 1.29 is 14.6 Å². The summed E-state index contributed by atoms with van der Waals surface area (Å²) in [5.41, 5.74) is 7.49. The summed E-state index contributed by atoms with van der Waals surface area (Å²) in [6.45, 7) is -0.165. The lowest BCUT2D eigenvalue weighted by Crippen LogP contribution is -2.19. The number of primary amides is 1. The first-order chi connectivity index (χ1) is 14.1. The summed E-state index contributed by atoms with van der Waals surface area (Å²) in [5.74, 6) is 0.845. The molecule has 0 saturated carbocycles. The summed E-state index contributed by atoms with van der Waals surface area (Å²) in [7, 11) is 0. The molecule has 0 fully saturated rings. The number of carbonyl (C=O) groups excluding carboxylic acids is 1. The number of carbonyl (C=O) groups is 1. The first-order valence-electron chi connectivity index (χ1n) is 8.93. The van der Waals surface area contributed by atoms with Crippen LogP contribution in [0.1, 0.15) is 0 Å². The van der Waals surface area contributed by atoms with Crippen molar-refractivity contribution in [3.05, 3.63) is 72.8 Å². The van der Waals surface area contributed by atoms with Gasteiger partial charge in [0, 0.05) is 22.0 Å². The van der Waals surface area contributed by atoms with Crippen molar-refractivity contribution in [2.75, 3.05) is 11.9 Å². The zero-order valence-corrected chi connectivity index (χ0v) is 15.4. The van der Waals surface area contributed by atoms with Gasteiger partial charge in [0.25, 0.3) is 5.91 Å². The monoisotopic (exact) mass is 386 g/mol. The zero-order valence-electron chi connectivity index (χ0n) is 15.4. The van der Waals surface area contributed by atoms with Gasteiger partial charge in [0.15, 0.2) is 12.4 Å². The van der Waals surface area contributed by atoms with E-state index in [4.69, 9.17) is 10.5 Å². The summed E-state index contributed by atoms with van der Waals surface area (Å²) in [4.78, 5) is 10.8. The first kappa shape index (κ1) is 18.2. The van der Waals surface area contributed by atoms with Gasteiger partial charge in [0.05, 0.1) is 0 Å². The van der Waals surface area contributed by atoms with Gasteiger partial charge in [-0.05, 0) is 48.5 Å². The topological polar surface area (TPSA) is 110 Å². The molecule has 0 aliphatic heterocycles. The Balaban J connectivity index is 1.64. The highest BCUT2D eigenvalue weighted by atomic mass is 16.5. The van der Waals surface area contributed by atoms with Gasteiger partial charge < -0.3 is 20.9 Å². The summed E-state index contributed by atoms with van der Waals surface area (Å²) in [6, 6.07) is 21.8. The van der Waals surface area contributed by atoms with Crippen LogP contribution in [0.2, 0.25) is 0 Å². The van der Waals surface area contributed by atoms with Gasteiger partial charge >= 0.3 is 0 Å². The van der Waals surface area contributed by atoms with E-state index in [1.54, 1.807) is 24.3 Å². The Morgan fingerprint density at radius 3 is 2.31 bits per heavy atom. The Kier molecular flexibility index (Phi) is 4.94. The van der Waals surface area contributed by atoms with Crippen molar-refractivity contribution in [2.24, 2.45) is 5.73 Å². The third kappa shape index (κ3) is 4.08. The van der Waals surface area contributed by atoms with Crippen molar-refractivity contribution in [3.8, 4) is 22.8 Å². The number of aromatic nitrogens is 2. The van der Waals surface area contributed by atoms with Gasteiger partial charge in [-0.3, -0.25) is 4.79 Å². The van der Waals surface area contributed by atoms with Gasteiger partial charge in [-0.1, -0.05) is 24.3 Å². The number of fused-ring (bicyclic) bond motifs is 1. The standard InChI is InChI=1S/C22H18N4O3/c23-20(28)13-29-17-11-7-15(8-12-17)24-22-19-4-2-1-3-18(19)21(25-26-22)14-5-9-16(27)10-6-14/h1-12,27H,13H2,(H2,23,28)(H,24,26). The quantitative estimate of drug-likeness (QED) is 0.467. The van der Waals surface area contributed by atoms with Crippen molar-refractivity contribution in [3.63, 3.8) is 0 Å². The molecule has 1 amide bonds. The number of nitrogens with one attached hydrogen (secondary N) is 1. The predicted octanol–water partition coefficient (Wildman–Crippen LogP) is 3.61. The number of benzene rings is 3. The third-order valence-corrected chi connectivity index (χ3v) is 4.33. The second kappa shape index (κ2) is 7.85. The van der Waals surface area contributed by atoms with Crippen LogP contribution in [0.5, 0.6) is 11.5 Å². The minimum Gasteiger partial charge on any atom is -0.508 e. The van der Waals surface area contributed by atoms with Crippen LogP contribution in [0.3, 0.4) is 0 Å². The second-order valence-corrected chi connectivity index (χ2v) is 6.39. The van der Waals surface area contributed by atoms with E-state index in [0.717, 1.165) is 27.7 Å². The average molecular weight is 386 g/mol. The Bertz CT molecular complexity index is 1160. The van der Waals surface area contributed by atoms with E-state index >= 15 is 0 Å². The van der Waals surface area contributed by atoms with Gasteiger partial charge in [0.1, 0.15) is 17.2 Å². The van der Waals surface area contributed by atoms with E-state index in [0.29, 0.717) is 11.6 Å². The highest BCUT2D eigenvalue weighted by Gasteiger charge is 2.11. The number of amides is 1. The molecule has 0 spiro atoms. The molecule has 29 heavy (non-hydrogen) atoms. The molecule has 1 heterocycles. The van der Waals surface area contributed by atoms with Gasteiger partial charge in [0.2, 0.25) is 0 Å². The largest absolute Gasteiger partial charge is 0.508 e. The van der Waals surface area contributed by atoms with Crippen molar-refractivity contribution in [1.29, 1.82) is 0 Å². The van der Waals surface area contributed by atoms with E-state index in [-0.39, 0.29) is 12.4 Å². The highest BCUT2D eigenvalue weighted by Crippen LogP contribution is 2.31. The van der Waals surface area contributed by atoms with Gasteiger partial charge in [-0.25, -0.2) is 0 Å². The number of phenolic OH excluding ortho intramolecular Hbond substituents is 1. The molecule has 3 aromatic carbocycles. The fourth-order valence-corrected chi connectivity index (χ4v) is 2.95. The molecule has 0 unspecified atom stereocenters. The van der Waals surface area contributed by atoms with E-state index in [9.17, 15) is 9.90 Å². The summed E-state index contributed by atoms with van der Waals surface area (Å²) < 4.78 is 5.27. The number of anilines is 2. The maximum absolute atomic E-state index is 10.8. The van der Waals surface area contributed by atoms with Crippen molar-refractivity contribution in [2.45, 2.75) is 0 Å². The lowest BCUT2D eigenvalue weighted by Gasteiger charge is -2.12. The van der Waals surface area contributed by atoms with E-state index in [2.05, 4.69) is 15.5 Å². The molecular formula is C22H18N4O3. The summed E-state index contributed by atoms with van der Waals surface area (Å²) in [5, 5.41) is 23.4. The SMILES string of the molecule is NC(=O)COc1ccc(Nc2nnc(-c3ccc(O)cc3)c3ccccc23)cc1. The molecule has 0 radical (unpaired) electrons. The predicted molar refractivity (Wildman–Crippen MR) is 111 cm³/mol. The molecule has 7 heteroatoms. The van der Waals surface area contributed by atoms with Crippen LogP contribution in [-0.2, 0) is 4.79 Å². The molecule has 0 saturated heterocycles. The first-order valence-corrected chi connectivity index (χ1v) is 8.93. The Morgan fingerprint density at radius 2 is 1.62 bits per heavy atom. The number of nitrogens with zero attached hydrogens (tertiary/aromatic N) is 2.